The summed E-state index contributed by atoms with van der Waals surface area (Å²) in [5.41, 5.74) is 5.10. The van der Waals surface area contributed by atoms with Crippen LogP contribution in [0, 0.1) is 6.92 Å². The molecule has 0 bridgehead atoms. The van der Waals surface area contributed by atoms with Crippen molar-refractivity contribution in [3.05, 3.63) is 22.5 Å². The summed E-state index contributed by atoms with van der Waals surface area (Å²) >= 11 is 5.58. The van der Waals surface area contributed by atoms with E-state index in [4.69, 9.17) is 22.4 Å². The van der Waals surface area contributed by atoms with E-state index in [-0.39, 0.29) is 16.5 Å². The molecule has 1 aromatic rings. The van der Waals surface area contributed by atoms with E-state index in [1.165, 1.54) is 6.07 Å². The Hall–Kier alpha value is -1.82. The molecule has 0 saturated heterocycles. The Morgan fingerprint density at radius 1 is 1.60 bits per heavy atom. The van der Waals surface area contributed by atoms with Gasteiger partial charge in [-0.2, -0.15) is 0 Å². The van der Waals surface area contributed by atoms with Gasteiger partial charge in [-0.1, -0.05) is 11.6 Å². The van der Waals surface area contributed by atoms with Gasteiger partial charge in [-0.05, 0) is 18.6 Å². The van der Waals surface area contributed by atoms with Crippen molar-refractivity contribution in [1.29, 1.82) is 0 Å². The van der Waals surface area contributed by atoms with E-state index in [0.29, 0.717) is 5.56 Å². The molecule has 0 aliphatic heterocycles. The van der Waals surface area contributed by atoms with Crippen LogP contribution in [0.25, 0.3) is 0 Å². The van der Waals surface area contributed by atoms with Gasteiger partial charge in [-0.15, -0.1) is 0 Å². The normalized spacial score (nSPS) is 9.73. The largest absolute Gasteiger partial charge is 0.476 e. The lowest BCUT2D eigenvalue weighted by Crippen LogP contribution is -2.22. The molecule has 0 aliphatic rings. The molecule has 0 radical (unpaired) electrons. The van der Waals surface area contributed by atoms with Crippen LogP contribution in [0.1, 0.15) is 16.1 Å². The highest BCUT2D eigenvalue weighted by Gasteiger charge is 2.16. The molecule has 15 heavy (non-hydrogen) atoms. The zero-order chi connectivity index (χ0) is 11.6. The number of nitrogens with two attached hydrogens (primary N) is 1. The van der Waals surface area contributed by atoms with Crippen molar-refractivity contribution < 1.29 is 14.7 Å². The zero-order valence-electron chi connectivity index (χ0n) is 7.74. The van der Waals surface area contributed by atoms with Gasteiger partial charge in [-0.3, -0.25) is 0 Å². The fourth-order valence-corrected chi connectivity index (χ4v) is 1.32. The standard InChI is InChI=1S/C8H8ClN3O3/c1-3-2-4(9)11-6(7(13)14)5(3)12-8(10)15/h2H,1H3,(H,13,14)(H3,10,12,15). The highest BCUT2D eigenvalue weighted by Crippen LogP contribution is 2.22. The average Bonchev–Trinajstić information content (AvgIpc) is 2.08. The summed E-state index contributed by atoms with van der Waals surface area (Å²) < 4.78 is 0. The molecule has 0 aromatic carbocycles. The smallest absolute Gasteiger partial charge is 0.356 e. The third kappa shape index (κ3) is 2.57. The van der Waals surface area contributed by atoms with Gasteiger partial charge in [0.2, 0.25) is 0 Å². The molecule has 2 amide bonds. The Balaban J connectivity index is 3.33. The number of carbonyl (C=O) groups excluding carboxylic acids is 1. The summed E-state index contributed by atoms with van der Waals surface area (Å²) in [5, 5.41) is 11.0. The van der Waals surface area contributed by atoms with Crippen LogP contribution in [0.15, 0.2) is 6.07 Å². The predicted octanol–water partition coefficient (Wildman–Crippen LogP) is 1.23. The molecule has 0 atom stereocenters. The maximum atomic E-state index is 10.8. The second kappa shape index (κ2) is 4.14. The number of primary amides is 1. The van der Waals surface area contributed by atoms with E-state index in [9.17, 15) is 9.59 Å². The Morgan fingerprint density at radius 3 is 2.67 bits per heavy atom. The predicted molar refractivity (Wildman–Crippen MR) is 54.1 cm³/mol. The van der Waals surface area contributed by atoms with Gasteiger partial charge in [-0.25, -0.2) is 14.6 Å². The van der Waals surface area contributed by atoms with E-state index < -0.39 is 12.0 Å². The van der Waals surface area contributed by atoms with E-state index >= 15 is 0 Å². The number of aryl methyl sites for hydroxylation is 1. The first kappa shape index (κ1) is 11.3. The Morgan fingerprint density at radius 2 is 2.20 bits per heavy atom. The van der Waals surface area contributed by atoms with Gasteiger partial charge >= 0.3 is 12.0 Å². The van der Waals surface area contributed by atoms with Crippen LogP contribution < -0.4 is 11.1 Å². The molecule has 0 unspecified atom stereocenters. The third-order valence-corrected chi connectivity index (χ3v) is 1.83. The number of amides is 2. The minimum Gasteiger partial charge on any atom is -0.476 e. The summed E-state index contributed by atoms with van der Waals surface area (Å²) in [7, 11) is 0. The van der Waals surface area contributed by atoms with Gasteiger partial charge in [0.05, 0.1) is 5.69 Å². The molecule has 1 heterocycles. The van der Waals surface area contributed by atoms with Crippen molar-refractivity contribution in [2.24, 2.45) is 5.73 Å². The van der Waals surface area contributed by atoms with Crippen molar-refractivity contribution in [1.82, 2.24) is 4.98 Å². The number of rotatable bonds is 2. The molecular formula is C8H8ClN3O3. The van der Waals surface area contributed by atoms with E-state index in [0.717, 1.165) is 0 Å². The van der Waals surface area contributed by atoms with Gasteiger partial charge in [0, 0.05) is 0 Å². The lowest BCUT2D eigenvalue weighted by molar-refractivity contribution is 0.0691. The van der Waals surface area contributed by atoms with Crippen molar-refractivity contribution in [2.75, 3.05) is 5.32 Å². The Kier molecular flexibility index (Phi) is 3.11. The van der Waals surface area contributed by atoms with Crippen LogP contribution in [0.2, 0.25) is 5.15 Å². The van der Waals surface area contributed by atoms with Gasteiger partial charge in [0.1, 0.15) is 5.15 Å². The first-order valence-corrected chi connectivity index (χ1v) is 4.26. The van der Waals surface area contributed by atoms with Crippen LogP contribution in [-0.4, -0.2) is 22.1 Å². The molecule has 1 aromatic heterocycles. The third-order valence-electron chi connectivity index (χ3n) is 1.64. The minimum absolute atomic E-state index is 0.0416. The number of halogens is 1. The molecule has 0 saturated carbocycles. The average molecular weight is 230 g/mol. The van der Waals surface area contributed by atoms with Crippen LogP contribution in [0.4, 0.5) is 10.5 Å². The minimum atomic E-state index is -1.29. The van der Waals surface area contributed by atoms with Crippen molar-refractivity contribution >= 4 is 29.3 Å². The Labute approximate surface area is 90.1 Å². The van der Waals surface area contributed by atoms with Crippen molar-refractivity contribution in [2.45, 2.75) is 6.92 Å². The molecule has 7 heteroatoms. The van der Waals surface area contributed by atoms with Crippen molar-refractivity contribution in [3.63, 3.8) is 0 Å². The van der Waals surface area contributed by atoms with Crippen LogP contribution in [0.5, 0.6) is 0 Å². The number of anilines is 1. The summed E-state index contributed by atoms with van der Waals surface area (Å²) in [6.45, 7) is 1.59. The van der Waals surface area contributed by atoms with Gasteiger partial charge in [0.15, 0.2) is 5.69 Å². The lowest BCUT2D eigenvalue weighted by atomic mass is 10.2. The number of aromatic nitrogens is 1. The number of pyridine rings is 1. The second-order valence-electron chi connectivity index (χ2n) is 2.78. The number of nitrogens with zero attached hydrogens (tertiary/aromatic N) is 1. The fraction of sp³-hybridized carbons (Fsp3) is 0.125. The molecule has 1 rings (SSSR count). The highest BCUT2D eigenvalue weighted by molar-refractivity contribution is 6.29. The number of aromatic carboxylic acids is 1. The molecule has 0 fully saturated rings. The molecular weight excluding hydrogens is 222 g/mol. The number of carboxylic acid groups (broad SMARTS) is 1. The number of urea groups is 1. The first-order valence-electron chi connectivity index (χ1n) is 3.88. The Bertz CT molecular complexity index is 433. The van der Waals surface area contributed by atoms with Gasteiger partial charge in [0.25, 0.3) is 0 Å². The summed E-state index contributed by atoms with van der Waals surface area (Å²) in [5.74, 6) is -1.29. The number of hydrogen-bond donors (Lipinski definition) is 3. The van der Waals surface area contributed by atoms with E-state index in [2.05, 4.69) is 10.3 Å². The van der Waals surface area contributed by atoms with Crippen LogP contribution >= 0.6 is 11.6 Å². The maximum Gasteiger partial charge on any atom is 0.356 e. The number of nitrogens with one attached hydrogen (secondary N) is 1. The monoisotopic (exact) mass is 229 g/mol. The van der Waals surface area contributed by atoms with Gasteiger partial charge < -0.3 is 16.2 Å². The number of hydrogen-bond acceptors (Lipinski definition) is 3. The molecule has 6 nitrogen and oxygen atoms in total. The molecule has 0 spiro atoms. The molecule has 80 valence electrons. The lowest BCUT2D eigenvalue weighted by Gasteiger charge is -2.09. The quantitative estimate of drug-likeness (QED) is 0.663. The van der Waals surface area contributed by atoms with Crippen LogP contribution in [0.3, 0.4) is 0 Å². The zero-order valence-corrected chi connectivity index (χ0v) is 8.50. The van der Waals surface area contributed by atoms with Crippen LogP contribution in [-0.2, 0) is 0 Å². The number of carboxylic acids is 1. The summed E-state index contributed by atoms with van der Waals surface area (Å²) in [6, 6.07) is 0.573. The SMILES string of the molecule is Cc1cc(Cl)nc(C(=O)O)c1NC(N)=O. The summed E-state index contributed by atoms with van der Waals surface area (Å²) in [4.78, 5) is 25.0. The summed E-state index contributed by atoms with van der Waals surface area (Å²) in [6.07, 6.45) is 0. The molecule has 0 aliphatic carbocycles. The molecule has 4 N–H and O–H groups in total. The topological polar surface area (TPSA) is 105 Å². The number of carbonyl (C=O) groups is 2. The van der Waals surface area contributed by atoms with Crippen molar-refractivity contribution in [3.8, 4) is 0 Å². The first-order chi connectivity index (χ1) is 6.91. The fourth-order valence-electron chi connectivity index (χ4n) is 1.07. The second-order valence-corrected chi connectivity index (χ2v) is 3.17. The van der Waals surface area contributed by atoms with E-state index in [1.54, 1.807) is 6.92 Å². The van der Waals surface area contributed by atoms with E-state index in [1.807, 2.05) is 0 Å². The highest BCUT2D eigenvalue weighted by atomic mass is 35.5. The maximum absolute atomic E-state index is 10.8.